The Morgan fingerprint density at radius 2 is 1.70 bits per heavy atom. The quantitative estimate of drug-likeness (QED) is 0.423. The zero-order chi connectivity index (χ0) is 26.9. The molecule has 0 N–H and O–H groups in total. The van der Waals surface area contributed by atoms with Crippen molar-refractivity contribution >= 4 is 35.0 Å². The van der Waals surface area contributed by atoms with Crippen LogP contribution >= 0.6 is 23.2 Å². The summed E-state index contributed by atoms with van der Waals surface area (Å²) in [6.07, 6.45) is -3.73. The summed E-state index contributed by atoms with van der Waals surface area (Å²) in [6.45, 7) is 0.421. The first kappa shape index (κ1) is 26.5. The van der Waals surface area contributed by atoms with Gasteiger partial charge in [0.05, 0.1) is 33.3 Å². The lowest BCUT2D eigenvalue weighted by molar-refractivity contribution is -0.141. The average Bonchev–Trinajstić information content (AvgIpc) is 3.34. The number of alkyl halides is 3. The second-order valence-corrected chi connectivity index (χ2v) is 9.41. The molecule has 0 radical (unpaired) electrons. The second kappa shape index (κ2) is 10.4. The summed E-state index contributed by atoms with van der Waals surface area (Å²) in [7, 11) is 1.53. The first-order chi connectivity index (χ1) is 17.5. The van der Waals surface area contributed by atoms with Crippen LogP contribution in [0.1, 0.15) is 43.5 Å². The minimum absolute atomic E-state index is 0.0137. The number of rotatable bonds is 4. The van der Waals surface area contributed by atoms with Gasteiger partial charge in [-0.15, -0.1) is 0 Å². The Kier molecular flexibility index (Phi) is 7.44. The molecule has 190 valence electrons. The number of hydrogen-bond donors (Lipinski definition) is 0. The Hall–Kier alpha value is -3.61. The Morgan fingerprint density at radius 1 is 1.03 bits per heavy atom. The summed E-state index contributed by atoms with van der Waals surface area (Å²) in [5.41, 5.74) is 0.439. The molecular formula is C26H19Cl2F3N4O2. The van der Waals surface area contributed by atoms with E-state index in [2.05, 4.69) is 4.98 Å². The molecule has 0 spiro atoms. The molecule has 11 heteroatoms. The van der Waals surface area contributed by atoms with Crippen LogP contribution in [0, 0.1) is 11.3 Å². The van der Waals surface area contributed by atoms with Gasteiger partial charge < -0.3 is 9.80 Å². The standard InChI is InChI=1S/C26H19Cl2F3N4O2/c1-34(24(36)18-7-9-23(33-12-18)26(29,30)31)22-14-35(25(37)16-4-2-15(11-32)3-5-16)13-19(22)17-6-8-20(27)21(28)10-17/h2-10,12,19,22H,13-14H2,1H3/t19?,22-/m1/s1. The van der Waals surface area contributed by atoms with E-state index < -0.39 is 23.8 Å². The Balaban J connectivity index is 1.64. The molecule has 6 nitrogen and oxygen atoms in total. The third-order valence-electron chi connectivity index (χ3n) is 6.33. The SMILES string of the molecule is CN(C(=O)c1ccc(C(F)(F)F)nc1)[C@@H]1CN(C(=O)c2ccc(C#N)cc2)CC1c1ccc(Cl)c(Cl)c1. The van der Waals surface area contributed by atoms with Crippen molar-refractivity contribution in [3.8, 4) is 6.07 Å². The molecule has 4 rings (SSSR count). The van der Waals surface area contributed by atoms with Gasteiger partial charge in [0.15, 0.2) is 0 Å². The van der Waals surface area contributed by atoms with E-state index in [1.165, 1.54) is 11.9 Å². The first-order valence-electron chi connectivity index (χ1n) is 11.0. The van der Waals surface area contributed by atoms with Crippen LogP contribution in [0.3, 0.4) is 0 Å². The van der Waals surface area contributed by atoms with E-state index in [4.69, 9.17) is 28.5 Å². The smallest absolute Gasteiger partial charge is 0.336 e. The predicted octanol–water partition coefficient (Wildman–Crippen LogP) is 5.66. The minimum Gasteiger partial charge on any atom is -0.336 e. The van der Waals surface area contributed by atoms with Crippen molar-refractivity contribution in [1.29, 1.82) is 5.26 Å². The van der Waals surface area contributed by atoms with Gasteiger partial charge in [0.25, 0.3) is 11.8 Å². The molecule has 1 unspecified atom stereocenters. The van der Waals surface area contributed by atoms with Crippen molar-refractivity contribution in [2.75, 3.05) is 20.1 Å². The maximum absolute atomic E-state index is 13.3. The number of nitrogens with zero attached hydrogens (tertiary/aromatic N) is 4. The van der Waals surface area contributed by atoms with Crippen molar-refractivity contribution in [3.05, 3.63) is 98.8 Å². The van der Waals surface area contributed by atoms with E-state index >= 15 is 0 Å². The van der Waals surface area contributed by atoms with Crippen LogP contribution in [0.2, 0.25) is 10.0 Å². The lowest BCUT2D eigenvalue weighted by Gasteiger charge is -2.29. The molecule has 1 aliphatic rings. The normalized spacial score (nSPS) is 17.4. The van der Waals surface area contributed by atoms with Crippen LogP contribution < -0.4 is 0 Å². The van der Waals surface area contributed by atoms with Gasteiger partial charge in [0.1, 0.15) is 5.69 Å². The van der Waals surface area contributed by atoms with Crippen LogP contribution in [0.4, 0.5) is 13.2 Å². The number of aromatic nitrogens is 1. The third kappa shape index (κ3) is 5.55. The molecular weight excluding hydrogens is 528 g/mol. The van der Waals surface area contributed by atoms with Gasteiger partial charge in [-0.1, -0.05) is 29.3 Å². The van der Waals surface area contributed by atoms with Gasteiger partial charge in [0.2, 0.25) is 0 Å². The first-order valence-corrected chi connectivity index (χ1v) is 11.8. The molecule has 2 aromatic carbocycles. The summed E-state index contributed by atoms with van der Waals surface area (Å²) in [6, 6.07) is 14.6. The molecule has 0 bridgehead atoms. The summed E-state index contributed by atoms with van der Waals surface area (Å²) < 4.78 is 38.7. The molecule has 1 aromatic heterocycles. The molecule has 2 amide bonds. The highest BCUT2D eigenvalue weighted by molar-refractivity contribution is 6.42. The maximum Gasteiger partial charge on any atom is 0.433 e. The van der Waals surface area contributed by atoms with Crippen LogP contribution in [0.5, 0.6) is 0 Å². The molecule has 1 aliphatic heterocycles. The molecule has 3 aromatic rings. The number of likely N-dealkylation sites (N-methyl/N-ethyl adjacent to an activating group) is 1. The summed E-state index contributed by atoms with van der Waals surface area (Å²) >= 11 is 12.3. The van der Waals surface area contributed by atoms with Gasteiger partial charge in [-0.2, -0.15) is 18.4 Å². The summed E-state index contributed by atoms with van der Waals surface area (Å²) in [5, 5.41) is 9.68. The number of hydrogen-bond acceptors (Lipinski definition) is 4. The highest BCUT2D eigenvalue weighted by Crippen LogP contribution is 2.35. The van der Waals surface area contributed by atoms with Gasteiger partial charge in [-0.25, -0.2) is 0 Å². The molecule has 2 heterocycles. The highest BCUT2D eigenvalue weighted by atomic mass is 35.5. The van der Waals surface area contributed by atoms with Crippen LogP contribution in [-0.4, -0.2) is 52.8 Å². The molecule has 1 saturated heterocycles. The van der Waals surface area contributed by atoms with Crippen LogP contribution in [0.15, 0.2) is 60.8 Å². The maximum atomic E-state index is 13.3. The van der Waals surface area contributed by atoms with Crippen LogP contribution in [0.25, 0.3) is 0 Å². The summed E-state index contributed by atoms with van der Waals surface area (Å²) in [4.78, 5) is 32.9. The van der Waals surface area contributed by atoms with E-state index in [-0.39, 0.29) is 30.5 Å². The fraction of sp³-hybridized carbons (Fsp3) is 0.231. The molecule has 37 heavy (non-hydrogen) atoms. The van der Waals surface area contributed by atoms with Gasteiger partial charge >= 0.3 is 6.18 Å². The fourth-order valence-corrected chi connectivity index (χ4v) is 4.63. The number of pyridine rings is 1. The molecule has 1 fully saturated rings. The van der Waals surface area contributed by atoms with E-state index in [9.17, 15) is 22.8 Å². The number of benzene rings is 2. The Labute approximate surface area is 220 Å². The summed E-state index contributed by atoms with van der Waals surface area (Å²) in [5.74, 6) is -1.17. The molecule has 0 aliphatic carbocycles. The molecule has 0 saturated carbocycles. The lowest BCUT2D eigenvalue weighted by Crippen LogP contribution is -2.42. The Bertz CT molecular complexity index is 1370. The van der Waals surface area contributed by atoms with Gasteiger partial charge in [0, 0.05) is 37.8 Å². The van der Waals surface area contributed by atoms with Crippen molar-refractivity contribution in [2.24, 2.45) is 0 Å². The minimum atomic E-state index is -4.62. The average molecular weight is 547 g/mol. The number of nitriles is 1. The Morgan fingerprint density at radius 3 is 2.27 bits per heavy atom. The lowest BCUT2D eigenvalue weighted by atomic mass is 9.93. The van der Waals surface area contributed by atoms with E-state index in [0.717, 1.165) is 23.9 Å². The number of carbonyl (C=O) groups is 2. The molecule has 2 atom stereocenters. The van der Waals surface area contributed by atoms with Gasteiger partial charge in [-0.05, 0) is 54.1 Å². The van der Waals surface area contributed by atoms with Crippen molar-refractivity contribution in [3.63, 3.8) is 0 Å². The number of halogens is 5. The van der Waals surface area contributed by atoms with Gasteiger partial charge in [-0.3, -0.25) is 14.6 Å². The fourth-order valence-electron chi connectivity index (χ4n) is 4.33. The highest BCUT2D eigenvalue weighted by Gasteiger charge is 2.41. The van der Waals surface area contributed by atoms with Crippen molar-refractivity contribution in [1.82, 2.24) is 14.8 Å². The van der Waals surface area contributed by atoms with Crippen LogP contribution in [-0.2, 0) is 6.18 Å². The largest absolute Gasteiger partial charge is 0.433 e. The third-order valence-corrected chi connectivity index (χ3v) is 7.07. The van der Waals surface area contributed by atoms with E-state index in [0.29, 0.717) is 21.2 Å². The number of likely N-dealkylation sites (tertiary alicyclic amines) is 1. The predicted molar refractivity (Wildman–Crippen MR) is 131 cm³/mol. The van der Waals surface area contributed by atoms with E-state index in [1.807, 2.05) is 6.07 Å². The number of amides is 2. The van der Waals surface area contributed by atoms with Crippen molar-refractivity contribution in [2.45, 2.75) is 18.1 Å². The second-order valence-electron chi connectivity index (χ2n) is 8.59. The van der Waals surface area contributed by atoms with E-state index in [1.54, 1.807) is 47.4 Å². The monoisotopic (exact) mass is 546 g/mol. The zero-order valence-corrected chi connectivity index (χ0v) is 20.8. The zero-order valence-electron chi connectivity index (χ0n) is 19.3. The van der Waals surface area contributed by atoms with Crippen molar-refractivity contribution < 1.29 is 22.8 Å². The topological polar surface area (TPSA) is 77.3 Å². The number of carbonyl (C=O) groups excluding carboxylic acids is 2.